The van der Waals surface area contributed by atoms with Crippen LogP contribution in [0, 0.1) is 0 Å². The van der Waals surface area contributed by atoms with Crippen LogP contribution in [0.25, 0.3) is 0 Å². The zero-order chi connectivity index (χ0) is 70.4. The standard InChI is InChI=1S/C88H145NO8/c1-6-8-10-12-14-16-18-20-22-24-26-28-30-32-34-36-38-40-41-42-43-44-45-47-49-51-53-55-57-59-61-63-65-67-69-71-73-75-77-79-86(91)97-84(83-96-88(87(92)93)94-81-80-89(3,4)5)82-95-85(90)78-76-74-72-70-68-66-64-62-60-58-56-54-52-50-48-46-39-37-35-33-31-29-27-25-23-21-19-17-15-13-11-9-7-2/h8-11,14-17,20-23,26-29,32-35,38,40,42-43,45,47,51,53,84,88H,6-7,12-13,18-19,24-25,30-31,36-37,39,41,44,46,48-50,52,54-83H2,1-5H3/b10-8-,11-9-,16-14-,17-15-,22-20-,23-21-,28-26-,29-27-,34-32-,35-33-,40-38-,43-42-,47-45-,53-51-. The number of ether oxygens (including phenoxy) is 4. The number of carbonyl (C=O) groups is 3. The Morgan fingerprint density at radius 2 is 0.557 bits per heavy atom. The van der Waals surface area contributed by atoms with Crippen molar-refractivity contribution in [2.75, 3.05) is 47.5 Å². The van der Waals surface area contributed by atoms with Crippen LogP contribution in [0.3, 0.4) is 0 Å². The maximum Gasteiger partial charge on any atom is 0.306 e. The first-order chi connectivity index (χ1) is 47.6. The van der Waals surface area contributed by atoms with Gasteiger partial charge in [-0.2, -0.15) is 0 Å². The maximum absolute atomic E-state index is 13.0. The average molecular weight is 1350 g/mol. The summed E-state index contributed by atoms with van der Waals surface area (Å²) in [4.78, 5) is 37.6. The number of likely N-dealkylation sites (N-methyl/N-ethyl adjacent to an activating group) is 1. The van der Waals surface area contributed by atoms with Crippen LogP contribution >= 0.6 is 0 Å². The Labute approximate surface area is 597 Å². The van der Waals surface area contributed by atoms with Gasteiger partial charge < -0.3 is 33.3 Å². The SMILES string of the molecule is CC/C=C\C/C=C\C/C=C\C/C=C\C/C=C\C/C=C\C/C=C\C/C=C\C/C=C\CCCCCCCCCCCCCC(=O)OC(COC(=O)CCCCCCCCCCCCCCCCCCC/C=C\C/C=C\C/C=C\C/C=C\C/C=C\CC)COC(OCC[N+](C)(C)C)C(=O)[O-]. The van der Waals surface area contributed by atoms with E-state index in [4.69, 9.17) is 18.9 Å². The van der Waals surface area contributed by atoms with Gasteiger partial charge in [-0.3, -0.25) is 9.59 Å². The Bertz CT molecular complexity index is 2210. The fourth-order valence-electron chi connectivity index (χ4n) is 10.6. The molecule has 0 fully saturated rings. The third-order valence-corrected chi connectivity index (χ3v) is 16.5. The topological polar surface area (TPSA) is 111 Å². The van der Waals surface area contributed by atoms with E-state index >= 15 is 0 Å². The minimum atomic E-state index is -1.63. The highest BCUT2D eigenvalue weighted by Gasteiger charge is 2.22. The molecule has 0 aromatic rings. The lowest BCUT2D eigenvalue weighted by atomic mass is 10.0. The van der Waals surface area contributed by atoms with E-state index in [-0.39, 0.29) is 38.6 Å². The molecule has 0 aromatic heterocycles. The van der Waals surface area contributed by atoms with Crippen molar-refractivity contribution < 1.29 is 42.9 Å². The van der Waals surface area contributed by atoms with Crippen molar-refractivity contribution in [1.29, 1.82) is 0 Å². The molecule has 0 aromatic carbocycles. The summed E-state index contributed by atoms with van der Waals surface area (Å²) in [6.45, 7) is 4.53. The van der Waals surface area contributed by atoms with Crippen molar-refractivity contribution in [3.8, 4) is 0 Å². The Balaban J connectivity index is 4.10. The van der Waals surface area contributed by atoms with Crippen molar-refractivity contribution in [2.45, 2.75) is 322 Å². The Morgan fingerprint density at radius 1 is 0.309 bits per heavy atom. The Hall–Kier alpha value is -5.35. The quantitative estimate of drug-likeness (QED) is 0.0195. The number of carboxylic acids is 1. The molecule has 0 bridgehead atoms. The van der Waals surface area contributed by atoms with Gasteiger partial charge in [0.25, 0.3) is 0 Å². The number of esters is 2. The van der Waals surface area contributed by atoms with Crippen molar-refractivity contribution in [2.24, 2.45) is 0 Å². The lowest BCUT2D eigenvalue weighted by Crippen LogP contribution is -2.44. The number of rotatable bonds is 71. The predicted molar refractivity (Wildman–Crippen MR) is 416 cm³/mol. The van der Waals surface area contributed by atoms with Crippen LogP contribution in [0.5, 0.6) is 0 Å². The summed E-state index contributed by atoms with van der Waals surface area (Å²) in [6.07, 6.45) is 112. The monoisotopic (exact) mass is 1340 g/mol. The molecule has 2 unspecified atom stereocenters. The number of carbonyl (C=O) groups excluding carboxylic acids is 3. The summed E-state index contributed by atoms with van der Waals surface area (Å²) in [6, 6.07) is 0. The molecule has 550 valence electrons. The molecule has 9 nitrogen and oxygen atoms in total. The molecular weight excluding hydrogens is 1200 g/mol. The van der Waals surface area contributed by atoms with E-state index < -0.39 is 24.3 Å². The predicted octanol–water partition coefficient (Wildman–Crippen LogP) is 24.0. The van der Waals surface area contributed by atoms with Crippen LogP contribution in [0.2, 0.25) is 0 Å². The molecule has 0 radical (unpaired) electrons. The lowest BCUT2D eigenvalue weighted by Gasteiger charge is -2.26. The normalized spacial score (nSPS) is 13.6. The number of unbranched alkanes of at least 4 members (excludes halogenated alkanes) is 28. The van der Waals surface area contributed by atoms with Crippen molar-refractivity contribution in [3.63, 3.8) is 0 Å². The number of quaternary nitrogens is 1. The van der Waals surface area contributed by atoms with E-state index in [1.54, 1.807) is 0 Å². The van der Waals surface area contributed by atoms with Gasteiger partial charge in [0.05, 0.1) is 40.3 Å². The molecule has 0 N–H and O–H groups in total. The molecule has 97 heavy (non-hydrogen) atoms. The molecule has 0 heterocycles. The largest absolute Gasteiger partial charge is 0.545 e. The summed E-state index contributed by atoms with van der Waals surface area (Å²) < 4.78 is 22.9. The Morgan fingerprint density at radius 3 is 0.825 bits per heavy atom. The zero-order valence-electron chi connectivity index (χ0n) is 62.9. The fraction of sp³-hybridized carbons (Fsp3) is 0.648. The molecule has 0 spiro atoms. The second kappa shape index (κ2) is 76.4. The lowest BCUT2D eigenvalue weighted by molar-refractivity contribution is -0.870. The first-order valence-corrected chi connectivity index (χ1v) is 39.3. The molecule has 0 aliphatic rings. The number of hydrogen-bond donors (Lipinski definition) is 0. The Kier molecular flexibility index (Phi) is 72.2. The molecule has 0 rings (SSSR count). The summed E-state index contributed by atoms with van der Waals surface area (Å²) in [5.41, 5.74) is 0. The van der Waals surface area contributed by atoms with E-state index in [1.165, 1.54) is 141 Å². The molecule has 0 aliphatic heterocycles. The minimum Gasteiger partial charge on any atom is -0.545 e. The third-order valence-electron chi connectivity index (χ3n) is 16.5. The fourth-order valence-corrected chi connectivity index (χ4v) is 10.6. The molecule has 2 atom stereocenters. The summed E-state index contributed by atoms with van der Waals surface area (Å²) >= 11 is 0. The number of allylic oxidation sites excluding steroid dienone is 28. The molecule has 0 saturated heterocycles. The summed E-state index contributed by atoms with van der Waals surface area (Å²) in [5.74, 6) is -2.29. The maximum atomic E-state index is 13.0. The van der Waals surface area contributed by atoms with E-state index in [0.717, 1.165) is 135 Å². The second-order valence-corrected chi connectivity index (χ2v) is 26.9. The average Bonchev–Trinajstić information content (AvgIpc) is 2.39. The van der Waals surface area contributed by atoms with Crippen LogP contribution in [0.1, 0.15) is 309 Å². The van der Waals surface area contributed by atoms with Crippen LogP contribution in [0.4, 0.5) is 0 Å². The van der Waals surface area contributed by atoms with Gasteiger partial charge in [-0.25, -0.2) is 0 Å². The highest BCUT2D eigenvalue weighted by molar-refractivity contribution is 5.70. The van der Waals surface area contributed by atoms with Crippen molar-refractivity contribution in [3.05, 3.63) is 170 Å². The molecular formula is C88H145NO8. The van der Waals surface area contributed by atoms with Gasteiger partial charge in [-0.05, 0) is 128 Å². The first kappa shape index (κ1) is 91.6. The van der Waals surface area contributed by atoms with E-state index in [2.05, 4.69) is 184 Å². The van der Waals surface area contributed by atoms with Gasteiger partial charge >= 0.3 is 11.9 Å². The van der Waals surface area contributed by atoms with Gasteiger partial charge in [-0.15, -0.1) is 0 Å². The second-order valence-electron chi connectivity index (χ2n) is 26.9. The van der Waals surface area contributed by atoms with E-state index in [1.807, 2.05) is 21.1 Å². The zero-order valence-corrected chi connectivity index (χ0v) is 62.9. The third kappa shape index (κ3) is 77.9. The highest BCUT2D eigenvalue weighted by atomic mass is 16.7. The van der Waals surface area contributed by atoms with Crippen LogP contribution < -0.4 is 5.11 Å². The van der Waals surface area contributed by atoms with Crippen LogP contribution in [-0.4, -0.2) is 82.3 Å². The summed E-state index contributed by atoms with van der Waals surface area (Å²) in [5, 5.41) is 11.9. The molecule has 9 heteroatoms. The van der Waals surface area contributed by atoms with E-state index in [0.29, 0.717) is 17.4 Å². The van der Waals surface area contributed by atoms with Gasteiger partial charge in [0, 0.05) is 12.8 Å². The van der Waals surface area contributed by atoms with Gasteiger partial charge in [0.15, 0.2) is 12.4 Å². The molecule has 0 aliphatic carbocycles. The first-order valence-electron chi connectivity index (χ1n) is 39.3. The van der Waals surface area contributed by atoms with Crippen LogP contribution in [-0.2, 0) is 33.3 Å². The number of carboxylic acid groups (broad SMARTS) is 1. The smallest absolute Gasteiger partial charge is 0.306 e. The molecule has 0 saturated carbocycles. The van der Waals surface area contributed by atoms with Crippen molar-refractivity contribution in [1.82, 2.24) is 0 Å². The van der Waals surface area contributed by atoms with Crippen LogP contribution in [0.15, 0.2) is 170 Å². The number of aliphatic carboxylic acids is 1. The summed E-state index contributed by atoms with van der Waals surface area (Å²) in [7, 11) is 5.93. The highest BCUT2D eigenvalue weighted by Crippen LogP contribution is 2.17. The van der Waals surface area contributed by atoms with Crippen molar-refractivity contribution >= 4 is 17.9 Å². The number of nitrogens with zero attached hydrogens (tertiary/aromatic N) is 1. The van der Waals surface area contributed by atoms with Gasteiger partial charge in [0.2, 0.25) is 0 Å². The van der Waals surface area contributed by atoms with Gasteiger partial charge in [-0.1, -0.05) is 338 Å². The number of hydrogen-bond acceptors (Lipinski definition) is 8. The van der Waals surface area contributed by atoms with Gasteiger partial charge in [0.1, 0.15) is 13.2 Å². The van der Waals surface area contributed by atoms with E-state index in [9.17, 15) is 19.5 Å². The minimum absolute atomic E-state index is 0.141. The molecule has 0 amide bonds.